The zero-order chi connectivity index (χ0) is 13.7. The van der Waals surface area contributed by atoms with Gasteiger partial charge in [-0.1, -0.05) is 37.6 Å². The maximum atomic E-state index is 10.5. The van der Waals surface area contributed by atoms with E-state index in [0.29, 0.717) is 0 Å². The van der Waals surface area contributed by atoms with Crippen LogP contribution in [0.3, 0.4) is 0 Å². The van der Waals surface area contributed by atoms with E-state index in [1.807, 2.05) is 12.1 Å². The van der Waals surface area contributed by atoms with Crippen LogP contribution in [-0.4, -0.2) is 11.1 Å². The van der Waals surface area contributed by atoms with E-state index in [-0.39, 0.29) is 0 Å². The predicted molar refractivity (Wildman–Crippen MR) is 80.4 cm³/mol. The molecule has 0 fully saturated rings. The highest BCUT2D eigenvalue weighted by Crippen LogP contribution is 2.31. The van der Waals surface area contributed by atoms with E-state index >= 15 is 0 Å². The van der Waals surface area contributed by atoms with Gasteiger partial charge in [0.15, 0.2) is 0 Å². The molecule has 0 radical (unpaired) electrons. The molecule has 2 nitrogen and oxygen atoms in total. The van der Waals surface area contributed by atoms with Crippen molar-refractivity contribution in [2.75, 3.05) is 0 Å². The van der Waals surface area contributed by atoms with Gasteiger partial charge in [-0.3, -0.25) is 0 Å². The Morgan fingerprint density at radius 3 is 2.79 bits per heavy atom. The number of rotatable bonds is 5. The Morgan fingerprint density at radius 2 is 2.05 bits per heavy atom. The number of carbonyl (C=O) groups is 1. The molecule has 3 heteroatoms. The highest BCUT2D eigenvalue weighted by molar-refractivity contribution is 7.16. The molecule has 0 spiro atoms. The maximum absolute atomic E-state index is 10.5. The summed E-state index contributed by atoms with van der Waals surface area (Å²) in [6.07, 6.45) is 5.00. The molecule has 0 saturated heterocycles. The molecule has 0 aliphatic rings. The molecule has 2 aromatic rings. The van der Waals surface area contributed by atoms with Gasteiger partial charge >= 0.3 is 5.97 Å². The number of hydrogen-bond acceptors (Lipinski definition) is 2. The van der Waals surface area contributed by atoms with Gasteiger partial charge in [-0.2, -0.15) is 0 Å². The van der Waals surface area contributed by atoms with Crippen LogP contribution < -0.4 is 0 Å². The molecule has 0 atom stereocenters. The molecule has 0 unspecified atom stereocenters. The molecule has 1 heterocycles. The second-order valence-electron chi connectivity index (χ2n) is 4.28. The maximum Gasteiger partial charge on any atom is 0.328 e. The molecule has 2 rings (SSSR count). The predicted octanol–water partition coefficient (Wildman–Crippen LogP) is 4.47. The van der Waals surface area contributed by atoms with E-state index in [0.717, 1.165) is 17.7 Å². The van der Waals surface area contributed by atoms with Crippen molar-refractivity contribution in [1.82, 2.24) is 0 Å². The first-order valence-electron chi connectivity index (χ1n) is 6.30. The Bertz CT molecular complexity index is 596. The van der Waals surface area contributed by atoms with Crippen molar-refractivity contribution < 1.29 is 9.90 Å². The van der Waals surface area contributed by atoms with Crippen molar-refractivity contribution in [3.8, 4) is 10.4 Å². The summed E-state index contributed by atoms with van der Waals surface area (Å²) in [5.41, 5.74) is 2.60. The van der Waals surface area contributed by atoms with Crippen molar-refractivity contribution in [1.29, 1.82) is 0 Å². The second-order valence-corrected chi connectivity index (χ2v) is 5.40. The van der Waals surface area contributed by atoms with Crippen molar-refractivity contribution >= 4 is 23.4 Å². The quantitative estimate of drug-likeness (QED) is 0.816. The van der Waals surface area contributed by atoms with Gasteiger partial charge in [0.1, 0.15) is 0 Å². The molecule has 0 aliphatic carbocycles. The largest absolute Gasteiger partial charge is 0.478 e. The number of hydrogen-bond donors (Lipinski definition) is 1. The lowest BCUT2D eigenvalue weighted by Crippen LogP contribution is -1.86. The van der Waals surface area contributed by atoms with Gasteiger partial charge in [0.05, 0.1) is 0 Å². The number of benzene rings is 1. The van der Waals surface area contributed by atoms with Crippen LogP contribution in [0.2, 0.25) is 0 Å². The lowest BCUT2D eigenvalue weighted by molar-refractivity contribution is -0.131. The van der Waals surface area contributed by atoms with Crippen molar-refractivity contribution in [2.45, 2.75) is 19.8 Å². The molecular weight excluding hydrogens is 256 g/mol. The molecule has 98 valence electrons. The molecule has 1 N–H and O–H groups in total. The molecule has 0 saturated carbocycles. The molecule has 0 aliphatic heterocycles. The fourth-order valence-corrected chi connectivity index (χ4v) is 2.96. The van der Waals surface area contributed by atoms with Crippen molar-refractivity contribution in [2.24, 2.45) is 0 Å². The lowest BCUT2D eigenvalue weighted by atomic mass is 10.0. The number of carboxylic acid groups (broad SMARTS) is 1. The third-order valence-electron chi connectivity index (χ3n) is 2.82. The topological polar surface area (TPSA) is 37.3 Å². The molecule has 1 aromatic heterocycles. The number of aliphatic carboxylic acids is 1. The Kier molecular flexibility index (Phi) is 4.53. The normalized spacial score (nSPS) is 11.0. The lowest BCUT2D eigenvalue weighted by Gasteiger charge is -2.05. The van der Waals surface area contributed by atoms with E-state index < -0.39 is 5.97 Å². The number of thiophene rings is 1. The number of aryl methyl sites for hydroxylation is 1. The van der Waals surface area contributed by atoms with Gasteiger partial charge in [-0.05, 0) is 35.8 Å². The van der Waals surface area contributed by atoms with Crippen molar-refractivity contribution in [3.05, 3.63) is 52.9 Å². The first-order chi connectivity index (χ1) is 9.20. The summed E-state index contributed by atoms with van der Waals surface area (Å²) in [7, 11) is 0. The van der Waals surface area contributed by atoms with E-state index in [4.69, 9.17) is 5.11 Å². The molecule has 1 aromatic carbocycles. The third-order valence-corrected chi connectivity index (χ3v) is 3.90. The summed E-state index contributed by atoms with van der Waals surface area (Å²) < 4.78 is 0. The molecular formula is C16H16O2S. The van der Waals surface area contributed by atoms with E-state index in [1.54, 1.807) is 17.4 Å². The number of carboxylic acids is 1. The van der Waals surface area contributed by atoms with Crippen LogP contribution in [0.4, 0.5) is 0 Å². The van der Waals surface area contributed by atoms with Crippen LogP contribution in [0.25, 0.3) is 16.5 Å². The van der Waals surface area contributed by atoms with Gasteiger partial charge in [-0.15, -0.1) is 11.3 Å². The Morgan fingerprint density at radius 1 is 1.26 bits per heavy atom. The standard InChI is InChI=1S/C16H16O2S/c1-2-5-12-6-3-4-7-14(12)15-10-8-13(19-15)9-11-16(17)18/h3-4,6-11H,2,5H2,1H3,(H,17,18). The highest BCUT2D eigenvalue weighted by Gasteiger charge is 2.06. The Labute approximate surface area is 117 Å². The zero-order valence-electron chi connectivity index (χ0n) is 10.8. The monoisotopic (exact) mass is 272 g/mol. The highest BCUT2D eigenvalue weighted by atomic mass is 32.1. The zero-order valence-corrected chi connectivity index (χ0v) is 11.6. The summed E-state index contributed by atoms with van der Waals surface area (Å²) in [5, 5.41) is 8.63. The van der Waals surface area contributed by atoms with Gasteiger partial charge in [0.25, 0.3) is 0 Å². The van der Waals surface area contributed by atoms with E-state index in [9.17, 15) is 4.79 Å². The summed E-state index contributed by atoms with van der Waals surface area (Å²) in [4.78, 5) is 12.7. The minimum atomic E-state index is -0.915. The van der Waals surface area contributed by atoms with Gasteiger partial charge in [0.2, 0.25) is 0 Å². The summed E-state index contributed by atoms with van der Waals surface area (Å²) >= 11 is 1.62. The minimum Gasteiger partial charge on any atom is -0.478 e. The second kappa shape index (κ2) is 6.34. The fraction of sp³-hybridized carbons (Fsp3) is 0.188. The average Bonchev–Trinajstić information content (AvgIpc) is 2.86. The first-order valence-corrected chi connectivity index (χ1v) is 7.11. The van der Waals surface area contributed by atoms with Crippen molar-refractivity contribution in [3.63, 3.8) is 0 Å². The summed E-state index contributed by atoms with van der Waals surface area (Å²) in [6.45, 7) is 2.17. The van der Waals surface area contributed by atoms with E-state index in [2.05, 4.69) is 31.2 Å². The summed E-state index contributed by atoms with van der Waals surface area (Å²) in [6, 6.07) is 12.4. The fourth-order valence-electron chi connectivity index (χ4n) is 1.99. The average molecular weight is 272 g/mol. The van der Waals surface area contributed by atoms with Gasteiger partial charge in [0, 0.05) is 15.8 Å². The molecule has 0 amide bonds. The smallest absolute Gasteiger partial charge is 0.328 e. The van der Waals surface area contributed by atoms with Crippen LogP contribution in [0.15, 0.2) is 42.5 Å². The Hall–Kier alpha value is -1.87. The van der Waals surface area contributed by atoms with Crippen LogP contribution in [0, 0.1) is 0 Å². The SMILES string of the molecule is CCCc1ccccc1-c1ccc(C=CC(=O)O)s1. The minimum absolute atomic E-state index is 0.915. The van der Waals surface area contributed by atoms with Crippen LogP contribution in [0.5, 0.6) is 0 Å². The van der Waals surface area contributed by atoms with Crippen LogP contribution in [0.1, 0.15) is 23.8 Å². The van der Waals surface area contributed by atoms with Gasteiger partial charge in [-0.25, -0.2) is 4.79 Å². The Balaban J connectivity index is 2.30. The van der Waals surface area contributed by atoms with Crippen LogP contribution >= 0.6 is 11.3 Å². The van der Waals surface area contributed by atoms with Crippen LogP contribution in [-0.2, 0) is 11.2 Å². The molecule has 0 bridgehead atoms. The summed E-state index contributed by atoms with van der Waals surface area (Å²) in [5.74, 6) is -0.915. The third kappa shape index (κ3) is 3.55. The van der Waals surface area contributed by atoms with E-state index in [1.165, 1.54) is 22.1 Å². The molecule has 19 heavy (non-hydrogen) atoms. The van der Waals surface area contributed by atoms with Gasteiger partial charge < -0.3 is 5.11 Å². The first kappa shape index (κ1) is 13.6.